The number of rotatable bonds is 5. The SMILES string of the molecule is CCOP1(F)=NP(F)(OC)=NP(F)(Oc2ccccc2)=N1. The summed E-state index contributed by atoms with van der Waals surface area (Å²) in [6.07, 6.45) is 0. The van der Waals surface area contributed by atoms with E-state index in [1.807, 2.05) is 0 Å². The average molecular weight is 361 g/mol. The molecule has 1 aromatic rings. The Balaban J connectivity index is 2.51. The predicted octanol–water partition coefficient (Wildman–Crippen LogP) is 6.51. The van der Waals surface area contributed by atoms with Gasteiger partial charge in [0.25, 0.3) is 0 Å². The molecular formula is C9H13F3N3O3P3. The molecule has 1 aromatic carbocycles. The highest BCUT2D eigenvalue weighted by molar-refractivity contribution is 7.78. The van der Waals surface area contributed by atoms with E-state index >= 15 is 0 Å². The molecule has 0 bridgehead atoms. The van der Waals surface area contributed by atoms with Crippen molar-refractivity contribution >= 4 is 23.2 Å². The normalized spacial score (nSPS) is 35.3. The maximum absolute atomic E-state index is 14.7. The first-order valence-electron chi connectivity index (χ1n) is 5.77. The van der Waals surface area contributed by atoms with Crippen LogP contribution in [0.15, 0.2) is 43.9 Å². The van der Waals surface area contributed by atoms with Crippen molar-refractivity contribution in [2.24, 2.45) is 13.5 Å². The predicted molar refractivity (Wildman–Crippen MR) is 77.1 cm³/mol. The third kappa shape index (κ3) is 4.21. The van der Waals surface area contributed by atoms with Crippen LogP contribution in [-0.2, 0) is 9.05 Å². The van der Waals surface area contributed by atoms with E-state index in [0.717, 1.165) is 7.11 Å². The number of nitrogens with zero attached hydrogens (tertiary/aromatic N) is 3. The van der Waals surface area contributed by atoms with Gasteiger partial charge in [0, 0.05) is 7.11 Å². The van der Waals surface area contributed by atoms with Crippen LogP contribution in [0.3, 0.4) is 0 Å². The van der Waals surface area contributed by atoms with Gasteiger partial charge in [-0.2, -0.15) is 8.39 Å². The molecule has 0 aliphatic carbocycles. The van der Waals surface area contributed by atoms with Crippen molar-refractivity contribution < 1.29 is 26.2 Å². The van der Waals surface area contributed by atoms with Gasteiger partial charge in [0.2, 0.25) is 0 Å². The van der Waals surface area contributed by atoms with E-state index in [0.29, 0.717) is 0 Å². The Hall–Kier alpha value is -0.580. The van der Waals surface area contributed by atoms with Crippen LogP contribution in [0.2, 0.25) is 0 Å². The minimum absolute atomic E-state index is 0.0495. The van der Waals surface area contributed by atoms with Crippen LogP contribution in [0.1, 0.15) is 6.92 Å². The molecule has 2 rings (SSSR count). The largest absolute Gasteiger partial charge is 0.441 e. The Morgan fingerprint density at radius 3 is 2.10 bits per heavy atom. The van der Waals surface area contributed by atoms with Crippen LogP contribution in [-0.4, -0.2) is 13.7 Å². The highest BCUT2D eigenvalue weighted by atomic mass is 31.3. The molecule has 0 amide bonds. The fourth-order valence-corrected chi connectivity index (χ4v) is 8.07. The molecule has 3 atom stereocenters. The Labute approximate surface area is 120 Å². The zero-order valence-electron chi connectivity index (χ0n) is 11.1. The van der Waals surface area contributed by atoms with Crippen molar-refractivity contribution in [3.05, 3.63) is 30.3 Å². The second kappa shape index (κ2) is 6.27. The van der Waals surface area contributed by atoms with Gasteiger partial charge in [-0.1, -0.05) is 18.2 Å². The number of hydrogen-bond acceptors (Lipinski definition) is 6. The maximum Gasteiger partial charge on any atom is 0.441 e. The molecule has 21 heavy (non-hydrogen) atoms. The monoisotopic (exact) mass is 361 g/mol. The van der Waals surface area contributed by atoms with Gasteiger partial charge >= 0.3 is 23.2 Å². The van der Waals surface area contributed by atoms with Crippen LogP contribution in [0, 0.1) is 0 Å². The average Bonchev–Trinajstić information content (AvgIpc) is 2.37. The maximum atomic E-state index is 14.7. The Kier molecular flexibility index (Phi) is 5.01. The Bertz CT molecular complexity index is 683. The van der Waals surface area contributed by atoms with Gasteiger partial charge in [-0.25, -0.2) is 0 Å². The molecule has 0 saturated heterocycles. The van der Waals surface area contributed by atoms with Gasteiger partial charge < -0.3 is 13.6 Å². The number of para-hydroxylation sites is 1. The minimum Gasteiger partial charge on any atom is -0.419 e. The van der Waals surface area contributed by atoms with Crippen molar-refractivity contribution in [2.75, 3.05) is 13.7 Å². The zero-order chi connectivity index (χ0) is 15.6. The van der Waals surface area contributed by atoms with Crippen LogP contribution in [0.5, 0.6) is 5.75 Å². The van der Waals surface area contributed by atoms with Gasteiger partial charge in [0.15, 0.2) is 0 Å². The molecule has 1 aliphatic rings. The molecule has 6 nitrogen and oxygen atoms in total. The highest BCUT2D eigenvalue weighted by Gasteiger charge is 2.41. The summed E-state index contributed by atoms with van der Waals surface area (Å²) in [5, 5.41) is 0. The first kappa shape index (κ1) is 16.8. The lowest BCUT2D eigenvalue weighted by atomic mass is 10.3. The van der Waals surface area contributed by atoms with Crippen molar-refractivity contribution in [3.63, 3.8) is 0 Å². The molecule has 1 heterocycles. The number of hydrogen-bond donors (Lipinski definition) is 0. The second-order valence-corrected chi connectivity index (χ2v) is 9.48. The summed E-state index contributed by atoms with van der Waals surface area (Å²) in [7, 11) is -12.7. The van der Waals surface area contributed by atoms with Gasteiger partial charge in [-0.15, -0.1) is 17.7 Å². The number of halogens is 3. The van der Waals surface area contributed by atoms with E-state index < -0.39 is 23.2 Å². The fraction of sp³-hybridized carbons (Fsp3) is 0.333. The standard InChI is InChI=1S/C9H13F3N3O3P3/c1-3-17-20(11)13-19(10,16-2)14-21(12,15-20)18-9-7-5-4-6-8-9/h4-8H,3H2,1-2H3. The van der Waals surface area contributed by atoms with Gasteiger partial charge in [0.05, 0.1) is 6.61 Å². The Morgan fingerprint density at radius 2 is 1.52 bits per heavy atom. The molecular weight excluding hydrogens is 348 g/mol. The molecule has 0 saturated carbocycles. The molecule has 3 unspecified atom stereocenters. The summed E-state index contributed by atoms with van der Waals surface area (Å²) in [4.78, 5) is 0. The van der Waals surface area contributed by atoms with Crippen molar-refractivity contribution in [2.45, 2.75) is 6.92 Å². The van der Waals surface area contributed by atoms with Crippen LogP contribution >= 0.6 is 23.2 Å². The lowest BCUT2D eigenvalue weighted by Crippen LogP contribution is -1.92. The lowest BCUT2D eigenvalue weighted by molar-refractivity contribution is 0.345. The zero-order valence-corrected chi connectivity index (χ0v) is 13.8. The van der Waals surface area contributed by atoms with Gasteiger partial charge in [0.1, 0.15) is 5.75 Å². The summed E-state index contributed by atoms with van der Waals surface area (Å²) < 4.78 is 66.8. The molecule has 0 N–H and O–H groups in total. The van der Waals surface area contributed by atoms with E-state index in [1.165, 1.54) is 19.1 Å². The van der Waals surface area contributed by atoms with E-state index in [4.69, 9.17) is 4.52 Å². The topological polar surface area (TPSA) is 64.8 Å². The minimum atomic E-state index is -4.62. The highest BCUT2D eigenvalue weighted by Crippen LogP contribution is 2.80. The third-order valence-electron chi connectivity index (χ3n) is 2.15. The van der Waals surface area contributed by atoms with Crippen molar-refractivity contribution in [1.82, 2.24) is 0 Å². The first-order chi connectivity index (χ1) is 9.82. The van der Waals surface area contributed by atoms with Gasteiger partial charge in [-0.3, -0.25) is 0 Å². The lowest BCUT2D eigenvalue weighted by Gasteiger charge is -2.22. The van der Waals surface area contributed by atoms with E-state index in [1.54, 1.807) is 18.2 Å². The second-order valence-electron chi connectivity index (χ2n) is 3.69. The summed E-state index contributed by atoms with van der Waals surface area (Å²) >= 11 is 0. The van der Waals surface area contributed by atoms with Crippen LogP contribution in [0.25, 0.3) is 0 Å². The summed E-state index contributed by atoms with van der Waals surface area (Å²) in [5.74, 6) is 0.0495. The quantitative estimate of drug-likeness (QED) is 0.562. The smallest absolute Gasteiger partial charge is 0.419 e. The Morgan fingerprint density at radius 1 is 0.952 bits per heavy atom. The molecule has 0 radical (unpaired) electrons. The molecule has 1 aliphatic heterocycles. The first-order valence-corrected chi connectivity index (χ1v) is 10.3. The van der Waals surface area contributed by atoms with Crippen molar-refractivity contribution in [3.8, 4) is 5.75 Å². The van der Waals surface area contributed by atoms with E-state index in [-0.39, 0.29) is 12.4 Å². The third-order valence-corrected chi connectivity index (χ3v) is 8.94. The summed E-state index contributed by atoms with van der Waals surface area (Å²) in [6, 6.07) is 7.66. The van der Waals surface area contributed by atoms with Crippen LogP contribution in [0.4, 0.5) is 12.6 Å². The molecule has 0 spiro atoms. The molecule has 0 aromatic heterocycles. The van der Waals surface area contributed by atoms with E-state index in [2.05, 4.69) is 22.6 Å². The summed E-state index contributed by atoms with van der Waals surface area (Å²) in [6.45, 7) is 1.31. The fourth-order valence-electron chi connectivity index (χ4n) is 1.40. The molecule has 118 valence electrons. The van der Waals surface area contributed by atoms with E-state index in [9.17, 15) is 12.6 Å². The van der Waals surface area contributed by atoms with Crippen molar-refractivity contribution in [1.29, 1.82) is 0 Å². The molecule has 12 heteroatoms. The van der Waals surface area contributed by atoms with Gasteiger partial charge in [-0.05, 0) is 19.1 Å². The van der Waals surface area contributed by atoms with Crippen LogP contribution < -0.4 is 4.52 Å². The number of benzene rings is 1. The molecule has 0 fully saturated rings. The summed E-state index contributed by atoms with van der Waals surface area (Å²) in [5.41, 5.74) is 0.